The van der Waals surface area contributed by atoms with Gasteiger partial charge in [0.05, 0.1) is 11.8 Å². The van der Waals surface area contributed by atoms with E-state index in [4.69, 9.17) is 4.74 Å². The van der Waals surface area contributed by atoms with Crippen molar-refractivity contribution in [3.63, 3.8) is 0 Å². The summed E-state index contributed by atoms with van der Waals surface area (Å²) in [5, 5.41) is 15.0. The fourth-order valence-corrected chi connectivity index (χ4v) is 5.26. The minimum atomic E-state index is -0.952. The van der Waals surface area contributed by atoms with Crippen molar-refractivity contribution in [2.45, 2.75) is 64.0 Å². The van der Waals surface area contributed by atoms with Crippen LogP contribution in [0.25, 0.3) is 11.1 Å². The predicted molar refractivity (Wildman–Crippen MR) is 133 cm³/mol. The quantitative estimate of drug-likeness (QED) is 0.501. The minimum absolute atomic E-state index is 0.0280. The number of carbonyl (C=O) groups excluding carboxylic acids is 2. The van der Waals surface area contributed by atoms with Crippen LogP contribution in [0, 0.1) is 11.8 Å². The smallest absolute Gasteiger partial charge is 0.407 e. The molecule has 1 saturated carbocycles. The Morgan fingerprint density at radius 2 is 1.54 bits per heavy atom. The molecule has 4 atom stereocenters. The number of aliphatic carboxylic acids is 1. The summed E-state index contributed by atoms with van der Waals surface area (Å²) >= 11 is 0. The lowest BCUT2D eigenvalue weighted by atomic mass is 9.92. The highest BCUT2D eigenvalue weighted by Crippen LogP contribution is 2.44. The van der Waals surface area contributed by atoms with Crippen molar-refractivity contribution >= 4 is 18.0 Å². The first-order valence-electron chi connectivity index (χ1n) is 12.5. The molecule has 35 heavy (non-hydrogen) atoms. The third kappa shape index (κ3) is 5.50. The molecule has 0 heterocycles. The summed E-state index contributed by atoms with van der Waals surface area (Å²) < 4.78 is 5.70. The summed E-state index contributed by atoms with van der Waals surface area (Å²) in [5.41, 5.74) is 4.63. The van der Waals surface area contributed by atoms with Crippen LogP contribution in [-0.4, -0.2) is 41.8 Å². The zero-order valence-corrected chi connectivity index (χ0v) is 20.3. The highest BCUT2D eigenvalue weighted by Gasteiger charge is 2.34. The van der Waals surface area contributed by atoms with Crippen LogP contribution in [0.15, 0.2) is 48.5 Å². The van der Waals surface area contributed by atoms with Gasteiger partial charge in [0.2, 0.25) is 5.91 Å². The van der Waals surface area contributed by atoms with Gasteiger partial charge in [-0.3, -0.25) is 9.59 Å². The zero-order chi connectivity index (χ0) is 24.9. The fourth-order valence-electron chi connectivity index (χ4n) is 5.26. The number of hydrogen-bond donors (Lipinski definition) is 3. The Hall–Kier alpha value is -3.35. The molecule has 4 rings (SSSR count). The van der Waals surface area contributed by atoms with E-state index in [0.29, 0.717) is 12.8 Å². The second-order valence-electron chi connectivity index (χ2n) is 9.75. The van der Waals surface area contributed by atoms with Gasteiger partial charge < -0.3 is 20.5 Å². The third-order valence-electron chi connectivity index (χ3n) is 7.51. The molecule has 0 saturated heterocycles. The molecule has 0 radical (unpaired) electrons. The fraction of sp³-hybridized carbons (Fsp3) is 0.464. The highest BCUT2D eigenvalue weighted by molar-refractivity contribution is 5.82. The molecule has 1 fully saturated rings. The first kappa shape index (κ1) is 24.8. The van der Waals surface area contributed by atoms with Crippen LogP contribution in [0.4, 0.5) is 4.79 Å². The highest BCUT2D eigenvalue weighted by atomic mass is 16.5. The number of amides is 2. The Morgan fingerprint density at radius 3 is 2.17 bits per heavy atom. The lowest BCUT2D eigenvalue weighted by molar-refractivity contribution is -0.142. The molecule has 2 aliphatic carbocycles. The number of carbonyl (C=O) groups is 3. The number of alkyl carbamates (subject to hydrolysis) is 1. The molecule has 3 N–H and O–H groups in total. The summed E-state index contributed by atoms with van der Waals surface area (Å²) in [7, 11) is 0. The number of carboxylic acids is 1. The van der Waals surface area contributed by atoms with Crippen molar-refractivity contribution in [3.8, 4) is 11.1 Å². The van der Waals surface area contributed by atoms with Crippen LogP contribution in [0.3, 0.4) is 0 Å². The van der Waals surface area contributed by atoms with E-state index in [1.807, 2.05) is 24.3 Å². The van der Waals surface area contributed by atoms with Gasteiger partial charge >= 0.3 is 12.1 Å². The SMILES string of the molecule is CC(NC(=O)C1CCCCCC1NC(=O)OCC1c2ccccc2-c2ccccc21)C(C)C(=O)O. The molecule has 2 amide bonds. The van der Waals surface area contributed by atoms with Crippen LogP contribution in [0.2, 0.25) is 0 Å². The maximum atomic E-state index is 13.0. The molecular formula is C28H34N2O5. The van der Waals surface area contributed by atoms with Crippen molar-refractivity contribution in [1.82, 2.24) is 10.6 Å². The number of benzene rings is 2. The maximum absolute atomic E-state index is 13.0. The first-order chi connectivity index (χ1) is 16.9. The number of carboxylic acid groups (broad SMARTS) is 1. The van der Waals surface area contributed by atoms with E-state index in [1.165, 1.54) is 11.1 Å². The largest absolute Gasteiger partial charge is 0.481 e. The minimum Gasteiger partial charge on any atom is -0.481 e. The van der Waals surface area contributed by atoms with E-state index in [1.54, 1.807) is 13.8 Å². The Bertz CT molecular complexity index is 1040. The van der Waals surface area contributed by atoms with Crippen molar-refractivity contribution in [1.29, 1.82) is 0 Å². The summed E-state index contributed by atoms with van der Waals surface area (Å²) in [6.07, 6.45) is 3.61. The summed E-state index contributed by atoms with van der Waals surface area (Å²) in [6.45, 7) is 3.49. The summed E-state index contributed by atoms with van der Waals surface area (Å²) in [6, 6.07) is 15.5. The van der Waals surface area contributed by atoms with Gasteiger partial charge in [0.25, 0.3) is 0 Å². The van der Waals surface area contributed by atoms with E-state index in [0.717, 1.165) is 30.4 Å². The van der Waals surface area contributed by atoms with Crippen molar-refractivity contribution < 1.29 is 24.2 Å². The molecule has 0 aromatic heterocycles. The third-order valence-corrected chi connectivity index (χ3v) is 7.51. The van der Waals surface area contributed by atoms with Gasteiger partial charge in [-0.1, -0.05) is 67.8 Å². The van der Waals surface area contributed by atoms with Crippen molar-refractivity contribution in [3.05, 3.63) is 59.7 Å². The van der Waals surface area contributed by atoms with Gasteiger partial charge in [-0.2, -0.15) is 0 Å². The summed E-state index contributed by atoms with van der Waals surface area (Å²) in [5.74, 6) is -2.30. The Kier molecular flexibility index (Phi) is 7.73. The van der Waals surface area contributed by atoms with Crippen LogP contribution < -0.4 is 10.6 Å². The molecule has 0 aliphatic heterocycles. The van der Waals surface area contributed by atoms with Crippen LogP contribution in [0.5, 0.6) is 0 Å². The number of nitrogens with one attached hydrogen (secondary N) is 2. The van der Waals surface area contributed by atoms with E-state index < -0.39 is 29.9 Å². The standard InChI is InChI=1S/C28H34N2O5/c1-17(27(32)33)18(2)29-26(31)23-14-4-3-5-15-25(23)30-28(34)35-16-24-21-12-8-6-10-19(21)20-11-7-9-13-22(20)24/h6-13,17-18,23-25H,3-5,14-16H2,1-2H3,(H,29,31)(H,30,34)(H,32,33). The Balaban J connectivity index is 1.40. The van der Waals surface area contributed by atoms with E-state index in [2.05, 4.69) is 34.9 Å². The molecule has 7 nitrogen and oxygen atoms in total. The number of rotatable bonds is 7. The zero-order valence-electron chi connectivity index (χ0n) is 20.3. The van der Waals surface area contributed by atoms with Gasteiger partial charge in [-0.25, -0.2) is 4.79 Å². The average molecular weight is 479 g/mol. The maximum Gasteiger partial charge on any atom is 0.407 e. The molecule has 186 valence electrons. The van der Waals surface area contributed by atoms with E-state index in [9.17, 15) is 19.5 Å². The van der Waals surface area contributed by atoms with Crippen molar-refractivity contribution in [2.75, 3.05) is 6.61 Å². The van der Waals surface area contributed by atoms with Gasteiger partial charge in [0, 0.05) is 18.0 Å². The first-order valence-corrected chi connectivity index (χ1v) is 12.5. The monoisotopic (exact) mass is 478 g/mol. The molecule has 4 unspecified atom stereocenters. The molecule has 0 bridgehead atoms. The molecule has 7 heteroatoms. The lowest BCUT2D eigenvalue weighted by Gasteiger charge is -2.27. The Morgan fingerprint density at radius 1 is 0.943 bits per heavy atom. The molecule has 2 aromatic rings. The summed E-state index contributed by atoms with van der Waals surface area (Å²) in [4.78, 5) is 37.1. The number of ether oxygens (including phenoxy) is 1. The molecule has 2 aromatic carbocycles. The molecule has 2 aliphatic rings. The topological polar surface area (TPSA) is 105 Å². The van der Waals surface area contributed by atoms with Gasteiger partial charge in [0.1, 0.15) is 6.61 Å². The van der Waals surface area contributed by atoms with E-state index in [-0.39, 0.29) is 24.5 Å². The number of hydrogen-bond acceptors (Lipinski definition) is 4. The van der Waals surface area contributed by atoms with Crippen molar-refractivity contribution in [2.24, 2.45) is 11.8 Å². The van der Waals surface area contributed by atoms with Crippen LogP contribution in [0.1, 0.15) is 63.0 Å². The number of fused-ring (bicyclic) bond motifs is 3. The van der Waals surface area contributed by atoms with Crippen LogP contribution >= 0.6 is 0 Å². The van der Waals surface area contributed by atoms with Gasteiger partial charge in [-0.05, 0) is 48.9 Å². The second-order valence-corrected chi connectivity index (χ2v) is 9.75. The normalized spacial score (nSPS) is 21.1. The molecule has 0 spiro atoms. The molecular weight excluding hydrogens is 444 g/mol. The average Bonchev–Trinajstić information content (AvgIpc) is 2.98. The predicted octanol–water partition coefficient (Wildman–Crippen LogP) is 4.70. The van der Waals surface area contributed by atoms with Gasteiger partial charge in [0.15, 0.2) is 0 Å². The van der Waals surface area contributed by atoms with Gasteiger partial charge in [-0.15, -0.1) is 0 Å². The van der Waals surface area contributed by atoms with Crippen LogP contribution in [-0.2, 0) is 14.3 Å². The Labute approximate surface area is 206 Å². The second kappa shape index (κ2) is 10.9. The van der Waals surface area contributed by atoms with E-state index >= 15 is 0 Å². The lowest BCUT2D eigenvalue weighted by Crippen LogP contribution is -2.50.